The highest BCUT2D eigenvalue weighted by atomic mass is 16.6. The van der Waals surface area contributed by atoms with Crippen molar-refractivity contribution in [3.8, 4) is 0 Å². The molecule has 202 valence electrons. The number of ether oxygens (including phenoxy) is 4. The van der Waals surface area contributed by atoms with Crippen molar-refractivity contribution in [1.29, 1.82) is 0 Å². The van der Waals surface area contributed by atoms with Gasteiger partial charge in [0.05, 0.1) is 59.3 Å². The first-order valence-corrected chi connectivity index (χ1v) is 11.1. The van der Waals surface area contributed by atoms with Crippen molar-refractivity contribution < 1.29 is 57.9 Å². The Morgan fingerprint density at radius 1 is 0.778 bits per heavy atom. The summed E-state index contributed by atoms with van der Waals surface area (Å²) in [4.78, 5) is 68.3. The fourth-order valence-electron chi connectivity index (χ4n) is 2.62. The smallest absolute Gasteiger partial charge is 0.326 e. The van der Waals surface area contributed by atoms with Crippen LogP contribution in [0.5, 0.6) is 0 Å². The van der Waals surface area contributed by atoms with Crippen molar-refractivity contribution in [3.05, 3.63) is 12.2 Å². The van der Waals surface area contributed by atoms with Crippen LogP contribution >= 0.6 is 0 Å². The number of carboxylic acid groups (broad SMARTS) is 2. The molecule has 0 fully saturated rings. The molecule has 1 atom stereocenters. The van der Waals surface area contributed by atoms with E-state index in [1.165, 1.54) is 0 Å². The Bertz CT molecular complexity index is 783. The van der Waals surface area contributed by atoms with Gasteiger partial charge in [-0.25, -0.2) is 4.79 Å². The molecule has 1 aliphatic rings. The van der Waals surface area contributed by atoms with Gasteiger partial charge in [-0.15, -0.1) is 0 Å². The third-order valence-electron chi connectivity index (χ3n) is 4.37. The zero-order valence-corrected chi connectivity index (χ0v) is 19.6. The van der Waals surface area contributed by atoms with Gasteiger partial charge in [-0.1, -0.05) is 0 Å². The highest BCUT2D eigenvalue weighted by Crippen LogP contribution is 2.02. The summed E-state index contributed by atoms with van der Waals surface area (Å²) in [5, 5.41) is 22.1. The molecule has 1 unspecified atom stereocenters. The van der Waals surface area contributed by atoms with E-state index in [4.69, 9.17) is 29.2 Å². The highest BCUT2D eigenvalue weighted by Gasteiger charge is 2.25. The molecule has 4 N–H and O–H groups in total. The van der Waals surface area contributed by atoms with Gasteiger partial charge in [-0.2, -0.15) is 0 Å². The van der Waals surface area contributed by atoms with Crippen LogP contribution in [0.2, 0.25) is 0 Å². The van der Waals surface area contributed by atoms with E-state index in [-0.39, 0.29) is 45.9 Å². The largest absolute Gasteiger partial charge is 0.481 e. The minimum atomic E-state index is -1.49. The lowest BCUT2D eigenvalue weighted by atomic mass is 10.2. The molecule has 0 bridgehead atoms. The van der Waals surface area contributed by atoms with Crippen molar-refractivity contribution in [2.24, 2.45) is 0 Å². The number of nitrogens with one attached hydrogen (secondary N) is 2. The highest BCUT2D eigenvalue weighted by molar-refractivity contribution is 6.14. The molecular weight excluding hydrogens is 486 g/mol. The summed E-state index contributed by atoms with van der Waals surface area (Å²) in [6.45, 7) is 1.82. The molecule has 15 heteroatoms. The topological polar surface area (TPSA) is 207 Å². The van der Waals surface area contributed by atoms with E-state index in [1.54, 1.807) is 0 Å². The first kappa shape index (κ1) is 30.6. The van der Waals surface area contributed by atoms with Gasteiger partial charge in [0.25, 0.3) is 11.8 Å². The van der Waals surface area contributed by atoms with Gasteiger partial charge in [0.1, 0.15) is 12.6 Å². The quantitative estimate of drug-likeness (QED) is 0.0923. The predicted octanol–water partition coefficient (Wildman–Crippen LogP) is -2.47. The predicted molar refractivity (Wildman–Crippen MR) is 119 cm³/mol. The number of nitrogens with zero attached hydrogens (tertiary/aromatic N) is 1. The molecule has 0 radical (unpaired) electrons. The molecule has 1 aliphatic heterocycles. The average molecular weight is 517 g/mol. The zero-order chi connectivity index (χ0) is 26.8. The molecule has 4 amide bonds. The van der Waals surface area contributed by atoms with Crippen LogP contribution in [0.1, 0.15) is 12.8 Å². The Hall–Kier alpha value is -3.40. The van der Waals surface area contributed by atoms with Gasteiger partial charge in [-0.3, -0.25) is 28.9 Å². The molecule has 36 heavy (non-hydrogen) atoms. The Morgan fingerprint density at radius 2 is 1.28 bits per heavy atom. The number of hydrogen-bond donors (Lipinski definition) is 4. The number of carbonyl (C=O) groups is 6. The summed E-state index contributed by atoms with van der Waals surface area (Å²) >= 11 is 0. The minimum absolute atomic E-state index is 0.0224. The van der Waals surface area contributed by atoms with Gasteiger partial charge >= 0.3 is 11.9 Å². The Morgan fingerprint density at radius 3 is 1.78 bits per heavy atom. The maximum atomic E-state index is 11.7. The molecule has 0 aliphatic carbocycles. The second kappa shape index (κ2) is 18.0. The molecule has 0 spiro atoms. The number of carbonyl (C=O) groups excluding carboxylic acids is 4. The van der Waals surface area contributed by atoms with Gasteiger partial charge < -0.3 is 39.8 Å². The number of aliphatic carboxylic acids is 2. The van der Waals surface area contributed by atoms with Crippen LogP contribution in [0.25, 0.3) is 0 Å². The van der Waals surface area contributed by atoms with Crippen LogP contribution in [0.3, 0.4) is 0 Å². The Balaban J connectivity index is 1.86. The zero-order valence-electron chi connectivity index (χ0n) is 19.6. The van der Waals surface area contributed by atoms with Crippen LogP contribution < -0.4 is 10.6 Å². The number of rotatable bonds is 21. The molecule has 15 nitrogen and oxygen atoms in total. The van der Waals surface area contributed by atoms with Gasteiger partial charge in [-0.05, 0) is 0 Å². The molecule has 1 rings (SSSR count). The monoisotopic (exact) mass is 517 g/mol. The van der Waals surface area contributed by atoms with E-state index in [9.17, 15) is 28.8 Å². The molecular formula is C21H31N3O12. The van der Waals surface area contributed by atoms with E-state index in [0.29, 0.717) is 26.4 Å². The lowest BCUT2D eigenvalue weighted by Gasteiger charge is -2.13. The summed E-state index contributed by atoms with van der Waals surface area (Å²) in [5.41, 5.74) is 0. The van der Waals surface area contributed by atoms with E-state index < -0.39 is 48.0 Å². The van der Waals surface area contributed by atoms with Crippen molar-refractivity contribution in [1.82, 2.24) is 15.5 Å². The second-order valence-electron chi connectivity index (χ2n) is 7.20. The van der Waals surface area contributed by atoms with Crippen molar-refractivity contribution in [2.45, 2.75) is 18.9 Å². The fourth-order valence-corrected chi connectivity index (χ4v) is 2.62. The summed E-state index contributed by atoms with van der Waals surface area (Å²) < 4.78 is 21.1. The lowest BCUT2D eigenvalue weighted by Crippen LogP contribution is -2.42. The third-order valence-corrected chi connectivity index (χ3v) is 4.37. The molecule has 0 aromatic rings. The normalized spacial score (nSPS) is 13.6. The van der Waals surface area contributed by atoms with E-state index in [1.807, 2.05) is 0 Å². The van der Waals surface area contributed by atoms with Gasteiger partial charge in [0.2, 0.25) is 11.8 Å². The van der Waals surface area contributed by atoms with Crippen molar-refractivity contribution in [3.63, 3.8) is 0 Å². The molecule has 1 heterocycles. The van der Waals surface area contributed by atoms with Crippen LogP contribution in [-0.2, 0) is 47.7 Å². The first-order valence-electron chi connectivity index (χ1n) is 11.1. The number of carboxylic acids is 2. The van der Waals surface area contributed by atoms with E-state index in [2.05, 4.69) is 10.6 Å². The van der Waals surface area contributed by atoms with Crippen molar-refractivity contribution in [2.75, 3.05) is 65.9 Å². The Labute approximate surface area is 206 Å². The standard InChI is InChI=1S/C21H31N3O12/c25-16(23-15(21(31)32)13-20(29)30)3-5-33-7-9-35-11-12-36-10-8-34-6-4-22-17(26)14-24-18(27)1-2-19(24)28/h1-2,15H,3-14H2,(H,22,26)(H,23,25)(H,29,30)(H,31,32). The second-order valence-corrected chi connectivity index (χ2v) is 7.20. The van der Waals surface area contributed by atoms with Crippen LogP contribution in [0, 0.1) is 0 Å². The molecule has 0 saturated heterocycles. The fraction of sp³-hybridized carbons (Fsp3) is 0.619. The van der Waals surface area contributed by atoms with Crippen molar-refractivity contribution >= 4 is 35.6 Å². The SMILES string of the molecule is O=C(O)CC(NC(=O)CCOCCOCCOCCOCCNC(=O)CN1C(=O)C=CC1=O)C(=O)O. The van der Waals surface area contributed by atoms with Crippen LogP contribution in [0.15, 0.2) is 12.2 Å². The Kier molecular flexibility index (Phi) is 15.3. The van der Waals surface area contributed by atoms with E-state index >= 15 is 0 Å². The molecule has 0 saturated carbocycles. The maximum Gasteiger partial charge on any atom is 0.326 e. The van der Waals surface area contributed by atoms with Crippen LogP contribution in [0.4, 0.5) is 0 Å². The maximum absolute atomic E-state index is 11.7. The summed E-state index contributed by atoms with van der Waals surface area (Å²) in [6.07, 6.45) is 1.38. The summed E-state index contributed by atoms with van der Waals surface area (Å²) in [5.74, 6) is -4.90. The van der Waals surface area contributed by atoms with E-state index in [0.717, 1.165) is 17.1 Å². The number of amides is 4. The molecule has 0 aromatic heterocycles. The minimum Gasteiger partial charge on any atom is -0.481 e. The molecule has 0 aromatic carbocycles. The summed E-state index contributed by atoms with van der Waals surface area (Å²) in [6, 6.07) is -1.49. The summed E-state index contributed by atoms with van der Waals surface area (Å²) in [7, 11) is 0. The van der Waals surface area contributed by atoms with Gasteiger partial charge in [0, 0.05) is 25.1 Å². The third kappa shape index (κ3) is 14.1. The van der Waals surface area contributed by atoms with Crippen LogP contribution in [-0.4, -0.2) is 123 Å². The van der Waals surface area contributed by atoms with Gasteiger partial charge in [0.15, 0.2) is 0 Å². The number of hydrogen-bond acceptors (Lipinski definition) is 10. The first-order chi connectivity index (χ1) is 17.2. The number of imide groups is 1. The average Bonchev–Trinajstić information content (AvgIpc) is 3.12. The lowest BCUT2D eigenvalue weighted by molar-refractivity contribution is -0.147.